The molecule has 1 atom stereocenters. The van der Waals surface area contributed by atoms with Crippen LogP contribution in [0.1, 0.15) is 22.7 Å². The maximum atomic E-state index is 11.5. The first-order valence-corrected chi connectivity index (χ1v) is 7.62. The summed E-state index contributed by atoms with van der Waals surface area (Å²) in [6.07, 6.45) is 0. The lowest BCUT2D eigenvalue weighted by molar-refractivity contribution is 0.354. The summed E-state index contributed by atoms with van der Waals surface area (Å²) in [6.45, 7) is 1.92. The Hall–Kier alpha value is -1.69. The van der Waals surface area contributed by atoms with E-state index in [1.807, 2.05) is 61.5 Å². The number of nitrogens with zero attached hydrogens (tertiary/aromatic N) is 1. The molecule has 2 aromatic carbocycles. The molecule has 0 aliphatic heterocycles. The van der Waals surface area contributed by atoms with Crippen LogP contribution in [-0.4, -0.2) is 24.3 Å². The standard InChI is InChI=1S/C15H17NO3S/c1-12-8-6-7-11-14(12)15(16(2)20(17,18)19)13-9-4-3-5-10-13/h3-11,15H,1-2H3,(H,17,18,19). The topological polar surface area (TPSA) is 57.6 Å². The molecule has 2 aromatic rings. The predicted octanol–water partition coefficient (Wildman–Crippen LogP) is 2.82. The molecule has 1 N–H and O–H groups in total. The van der Waals surface area contributed by atoms with Crippen LogP contribution in [0.4, 0.5) is 0 Å². The largest absolute Gasteiger partial charge is 0.336 e. The van der Waals surface area contributed by atoms with Crippen molar-refractivity contribution in [1.29, 1.82) is 0 Å². The molecule has 106 valence electrons. The Balaban J connectivity index is 2.60. The molecule has 0 saturated heterocycles. The maximum Gasteiger partial charge on any atom is 0.336 e. The highest BCUT2D eigenvalue weighted by Gasteiger charge is 2.28. The number of rotatable bonds is 4. The normalized spacial score (nSPS) is 13.4. The fourth-order valence-corrected chi connectivity index (χ4v) is 2.75. The number of hydrogen-bond donors (Lipinski definition) is 1. The van der Waals surface area contributed by atoms with Crippen LogP contribution in [0, 0.1) is 6.92 Å². The molecule has 0 heterocycles. The minimum atomic E-state index is -4.28. The number of aryl methyl sites for hydroxylation is 1. The van der Waals surface area contributed by atoms with E-state index in [-0.39, 0.29) is 0 Å². The third-order valence-electron chi connectivity index (χ3n) is 3.33. The van der Waals surface area contributed by atoms with Crippen molar-refractivity contribution in [3.8, 4) is 0 Å². The Morgan fingerprint density at radius 3 is 2.10 bits per heavy atom. The molecule has 0 saturated carbocycles. The first-order chi connectivity index (χ1) is 9.41. The van der Waals surface area contributed by atoms with Gasteiger partial charge in [0.1, 0.15) is 0 Å². The fourth-order valence-electron chi connectivity index (χ4n) is 2.25. The third kappa shape index (κ3) is 3.07. The van der Waals surface area contributed by atoms with Gasteiger partial charge in [0, 0.05) is 7.05 Å². The van der Waals surface area contributed by atoms with Crippen molar-refractivity contribution < 1.29 is 13.0 Å². The van der Waals surface area contributed by atoms with E-state index < -0.39 is 16.3 Å². The van der Waals surface area contributed by atoms with E-state index in [0.717, 1.165) is 21.0 Å². The third-order valence-corrected chi connectivity index (χ3v) is 4.26. The summed E-state index contributed by atoms with van der Waals surface area (Å²) < 4.78 is 33.4. The van der Waals surface area contributed by atoms with Crippen molar-refractivity contribution in [2.75, 3.05) is 7.05 Å². The van der Waals surface area contributed by atoms with Crippen LogP contribution >= 0.6 is 0 Å². The van der Waals surface area contributed by atoms with E-state index in [4.69, 9.17) is 0 Å². The summed E-state index contributed by atoms with van der Waals surface area (Å²) in [5.74, 6) is 0. The van der Waals surface area contributed by atoms with E-state index in [1.165, 1.54) is 7.05 Å². The minimum absolute atomic E-state index is 0.549. The predicted molar refractivity (Wildman–Crippen MR) is 78.8 cm³/mol. The van der Waals surface area contributed by atoms with Gasteiger partial charge in [-0.1, -0.05) is 54.6 Å². The summed E-state index contributed by atoms with van der Waals surface area (Å²) in [5.41, 5.74) is 2.62. The van der Waals surface area contributed by atoms with Gasteiger partial charge in [0.25, 0.3) is 0 Å². The first kappa shape index (κ1) is 14.7. The average molecular weight is 291 g/mol. The molecule has 0 aromatic heterocycles. The van der Waals surface area contributed by atoms with Gasteiger partial charge in [-0.25, -0.2) is 0 Å². The SMILES string of the molecule is Cc1ccccc1C(c1ccccc1)N(C)S(=O)(=O)O. The lowest BCUT2D eigenvalue weighted by Gasteiger charge is -2.27. The van der Waals surface area contributed by atoms with Gasteiger partial charge in [0.15, 0.2) is 0 Å². The van der Waals surface area contributed by atoms with Crippen LogP contribution in [0.25, 0.3) is 0 Å². The second-order valence-electron chi connectivity index (χ2n) is 4.66. The first-order valence-electron chi connectivity index (χ1n) is 6.22. The van der Waals surface area contributed by atoms with Crippen LogP contribution in [0.3, 0.4) is 0 Å². The summed E-state index contributed by atoms with van der Waals surface area (Å²) in [5, 5.41) is 0. The monoisotopic (exact) mass is 291 g/mol. The Labute approximate surface area is 119 Å². The zero-order valence-electron chi connectivity index (χ0n) is 11.4. The quantitative estimate of drug-likeness (QED) is 0.881. The van der Waals surface area contributed by atoms with Gasteiger partial charge >= 0.3 is 10.3 Å². The van der Waals surface area contributed by atoms with E-state index in [2.05, 4.69) is 0 Å². The van der Waals surface area contributed by atoms with Gasteiger partial charge in [-0.05, 0) is 23.6 Å². The van der Waals surface area contributed by atoms with Gasteiger partial charge in [-0.2, -0.15) is 12.7 Å². The highest BCUT2D eigenvalue weighted by Crippen LogP contribution is 2.31. The van der Waals surface area contributed by atoms with Crippen LogP contribution in [-0.2, 0) is 10.3 Å². The highest BCUT2D eigenvalue weighted by atomic mass is 32.2. The molecule has 20 heavy (non-hydrogen) atoms. The number of hydrogen-bond acceptors (Lipinski definition) is 2. The van der Waals surface area contributed by atoms with E-state index in [1.54, 1.807) is 0 Å². The molecule has 1 unspecified atom stereocenters. The molecule has 2 rings (SSSR count). The zero-order chi connectivity index (χ0) is 14.8. The molecule has 0 spiro atoms. The Morgan fingerprint density at radius 2 is 1.55 bits per heavy atom. The maximum absolute atomic E-state index is 11.5. The van der Waals surface area contributed by atoms with Gasteiger partial charge in [0.2, 0.25) is 0 Å². The van der Waals surface area contributed by atoms with Crippen molar-refractivity contribution in [2.45, 2.75) is 13.0 Å². The fraction of sp³-hybridized carbons (Fsp3) is 0.200. The van der Waals surface area contributed by atoms with Crippen molar-refractivity contribution in [3.05, 3.63) is 71.3 Å². The molecule has 0 aliphatic rings. The molecule has 0 radical (unpaired) electrons. The smallest absolute Gasteiger partial charge is 0.273 e. The highest BCUT2D eigenvalue weighted by molar-refractivity contribution is 7.83. The lowest BCUT2D eigenvalue weighted by atomic mass is 9.95. The Kier molecular flexibility index (Phi) is 4.23. The van der Waals surface area contributed by atoms with Crippen molar-refractivity contribution in [1.82, 2.24) is 4.31 Å². The molecule has 0 aliphatic carbocycles. The van der Waals surface area contributed by atoms with Gasteiger partial charge in [0.05, 0.1) is 6.04 Å². The van der Waals surface area contributed by atoms with Crippen LogP contribution < -0.4 is 0 Å². The van der Waals surface area contributed by atoms with Crippen molar-refractivity contribution in [3.63, 3.8) is 0 Å². The molecule has 0 fully saturated rings. The minimum Gasteiger partial charge on any atom is -0.273 e. The molecule has 5 heteroatoms. The summed E-state index contributed by atoms with van der Waals surface area (Å²) in [7, 11) is -2.91. The average Bonchev–Trinajstić information content (AvgIpc) is 2.41. The molecule has 4 nitrogen and oxygen atoms in total. The van der Waals surface area contributed by atoms with Crippen LogP contribution in [0.5, 0.6) is 0 Å². The lowest BCUT2D eigenvalue weighted by Crippen LogP contribution is -2.31. The zero-order valence-corrected chi connectivity index (χ0v) is 12.2. The second kappa shape index (κ2) is 5.75. The van der Waals surface area contributed by atoms with Crippen LogP contribution in [0.2, 0.25) is 0 Å². The summed E-state index contributed by atoms with van der Waals surface area (Å²) in [6, 6.07) is 16.2. The molecule has 0 bridgehead atoms. The van der Waals surface area contributed by atoms with E-state index in [9.17, 15) is 13.0 Å². The summed E-state index contributed by atoms with van der Waals surface area (Å²) >= 11 is 0. The molecular formula is C15H17NO3S. The van der Waals surface area contributed by atoms with Gasteiger partial charge in [-0.3, -0.25) is 4.55 Å². The Morgan fingerprint density at radius 1 is 1.00 bits per heavy atom. The molecular weight excluding hydrogens is 274 g/mol. The van der Waals surface area contributed by atoms with E-state index in [0.29, 0.717) is 0 Å². The second-order valence-corrected chi connectivity index (χ2v) is 6.14. The summed E-state index contributed by atoms with van der Waals surface area (Å²) in [4.78, 5) is 0. The van der Waals surface area contributed by atoms with Gasteiger partial charge in [-0.15, -0.1) is 0 Å². The van der Waals surface area contributed by atoms with Gasteiger partial charge < -0.3 is 0 Å². The van der Waals surface area contributed by atoms with Crippen molar-refractivity contribution >= 4 is 10.3 Å². The van der Waals surface area contributed by atoms with E-state index >= 15 is 0 Å². The van der Waals surface area contributed by atoms with Crippen molar-refractivity contribution in [2.24, 2.45) is 0 Å². The number of benzene rings is 2. The Bertz CT molecular complexity index is 683. The van der Waals surface area contributed by atoms with Crippen LogP contribution in [0.15, 0.2) is 54.6 Å². The molecule has 0 amide bonds.